The quantitative estimate of drug-likeness (QED) is 0.831. The molecule has 5 heteroatoms. The lowest BCUT2D eigenvalue weighted by Gasteiger charge is -2.42. The molecule has 1 saturated heterocycles. The summed E-state index contributed by atoms with van der Waals surface area (Å²) in [5.41, 5.74) is 4.25. The van der Waals surface area contributed by atoms with Crippen molar-refractivity contribution in [1.82, 2.24) is 15.9 Å². The summed E-state index contributed by atoms with van der Waals surface area (Å²) >= 11 is 5.27. The van der Waals surface area contributed by atoms with Crippen LogP contribution < -0.4 is 15.9 Å². The maximum absolute atomic E-state index is 8.81. The lowest BCUT2D eigenvalue weighted by molar-refractivity contribution is 0.240. The van der Waals surface area contributed by atoms with Gasteiger partial charge in [0.1, 0.15) is 6.14 Å². The third-order valence-electron chi connectivity index (χ3n) is 2.44. The lowest BCUT2D eigenvalue weighted by Crippen LogP contribution is -2.63. The molecule has 1 fully saturated rings. The molecule has 1 atom stereocenters. The Kier molecular flexibility index (Phi) is 1.52. The number of nitrogens with zero attached hydrogens (tertiary/aromatic N) is 2. The van der Waals surface area contributed by atoms with E-state index in [0.29, 0.717) is 0 Å². The van der Waals surface area contributed by atoms with Crippen LogP contribution >= 0.6 is 12.2 Å². The van der Waals surface area contributed by atoms with E-state index >= 15 is 0 Å². The van der Waals surface area contributed by atoms with Gasteiger partial charge in [-0.3, -0.25) is 5.01 Å². The number of hydrazine groups is 2. The topological polar surface area (TPSA) is 30.5 Å². The van der Waals surface area contributed by atoms with E-state index in [1.54, 1.807) is 0 Å². The van der Waals surface area contributed by atoms with E-state index in [4.69, 9.17) is 27.3 Å². The van der Waals surface area contributed by atoms with E-state index < -0.39 is 72.1 Å². The molecule has 4 nitrogen and oxygen atoms in total. The van der Waals surface area contributed by atoms with Crippen LogP contribution in [-0.4, -0.2) is 17.2 Å². The number of rotatable bonds is 2. The number of hydrogen-bond donors (Lipinski definition) is 2. The highest BCUT2D eigenvalue weighted by molar-refractivity contribution is 7.80. The molecule has 0 saturated carbocycles. The summed E-state index contributed by atoms with van der Waals surface area (Å²) in [5, 5.41) is 1.87. The highest BCUT2D eigenvalue weighted by Crippen LogP contribution is 2.20. The molecule has 2 aromatic carbocycles. The van der Waals surface area contributed by atoms with E-state index in [0.717, 1.165) is 10.0 Å². The Hall–Kier alpha value is -1.95. The van der Waals surface area contributed by atoms with Crippen molar-refractivity contribution in [2.45, 2.75) is 6.14 Å². The Morgan fingerprint density at radius 2 is 1.65 bits per heavy atom. The van der Waals surface area contributed by atoms with Gasteiger partial charge in [-0.05, 0) is 29.9 Å². The number of anilines is 1. The zero-order chi connectivity index (χ0) is 23.6. The van der Waals surface area contributed by atoms with Crippen molar-refractivity contribution in [3.05, 3.63) is 66.0 Å². The SMILES string of the molecule is [2H]c1c([2H])c([2H])c(N2NC([2H])(c3c([2H])c([2H])c([2H])c([2H])c3[2H])NN(C)C2=S)c([2H])c1[2H]. The summed E-state index contributed by atoms with van der Waals surface area (Å²) in [7, 11) is 1.38. The first-order valence-corrected chi connectivity index (χ1v) is 5.93. The fraction of sp³-hybridized carbons (Fsp3) is 0.133. The molecule has 0 aromatic heterocycles. The number of nitrogens with one attached hydrogen (secondary N) is 2. The Balaban J connectivity index is 2.26. The van der Waals surface area contributed by atoms with Crippen molar-refractivity contribution < 1.29 is 15.1 Å². The van der Waals surface area contributed by atoms with Gasteiger partial charge in [0.05, 0.1) is 20.8 Å². The largest absolute Gasteiger partial charge is 0.284 e. The van der Waals surface area contributed by atoms with Crippen LogP contribution in [0.15, 0.2) is 60.4 Å². The molecule has 1 aliphatic heterocycles. The van der Waals surface area contributed by atoms with Crippen LogP contribution in [0.25, 0.3) is 0 Å². The van der Waals surface area contributed by atoms with Gasteiger partial charge in [-0.25, -0.2) is 15.9 Å². The zero-order valence-corrected chi connectivity index (χ0v) is 11.1. The second-order valence-corrected chi connectivity index (χ2v) is 4.11. The molecule has 102 valence electrons. The molecule has 3 rings (SSSR count). The third-order valence-corrected chi connectivity index (χ3v) is 2.90. The van der Waals surface area contributed by atoms with Gasteiger partial charge in [0, 0.05) is 7.05 Å². The molecule has 0 amide bonds. The molecular formula is C15H16N4S. The minimum absolute atomic E-state index is 0.131. The van der Waals surface area contributed by atoms with Gasteiger partial charge in [0.2, 0.25) is 5.11 Å². The first-order valence-electron chi connectivity index (χ1n) is 11.0. The highest BCUT2D eigenvalue weighted by atomic mass is 32.1. The summed E-state index contributed by atoms with van der Waals surface area (Å²) in [6.45, 7) is 0. The molecule has 1 unspecified atom stereocenters. The van der Waals surface area contributed by atoms with Crippen LogP contribution in [0.5, 0.6) is 0 Å². The average Bonchev–Trinajstić information content (AvgIpc) is 2.71. The van der Waals surface area contributed by atoms with Gasteiger partial charge in [-0.1, -0.05) is 48.3 Å². The summed E-state index contributed by atoms with van der Waals surface area (Å²) in [5.74, 6) is 0. The Morgan fingerprint density at radius 1 is 1.05 bits per heavy atom. The predicted molar refractivity (Wildman–Crippen MR) is 84.7 cm³/mol. The normalized spacial score (nSPS) is 30.6. The van der Waals surface area contributed by atoms with E-state index in [1.807, 2.05) is 0 Å². The highest BCUT2D eigenvalue weighted by Gasteiger charge is 2.27. The molecule has 20 heavy (non-hydrogen) atoms. The summed E-state index contributed by atoms with van der Waals surface area (Å²) < 4.78 is 88.4. The Labute approximate surface area is 139 Å². The molecule has 2 aromatic rings. The van der Waals surface area contributed by atoms with E-state index in [1.165, 1.54) is 7.05 Å². The van der Waals surface area contributed by atoms with E-state index in [2.05, 4.69) is 10.9 Å². The monoisotopic (exact) mass is 295 g/mol. The maximum Gasteiger partial charge on any atom is 0.205 e. The van der Waals surface area contributed by atoms with Gasteiger partial charge in [0.25, 0.3) is 0 Å². The fourth-order valence-electron chi connectivity index (χ4n) is 1.54. The van der Waals surface area contributed by atoms with Crippen LogP contribution in [0.2, 0.25) is 0 Å². The van der Waals surface area contributed by atoms with Crippen molar-refractivity contribution in [2.24, 2.45) is 0 Å². The van der Waals surface area contributed by atoms with Crippen LogP contribution in [0.4, 0.5) is 5.69 Å². The van der Waals surface area contributed by atoms with Crippen molar-refractivity contribution in [3.63, 3.8) is 0 Å². The first-order chi connectivity index (χ1) is 14.2. The number of hydrogen-bond acceptors (Lipinski definition) is 3. The molecule has 0 spiro atoms. The fourth-order valence-corrected chi connectivity index (χ4v) is 1.73. The second kappa shape index (κ2) is 5.58. The molecule has 1 aliphatic rings. The van der Waals surface area contributed by atoms with Gasteiger partial charge < -0.3 is 0 Å². The van der Waals surface area contributed by atoms with Crippen molar-refractivity contribution in [1.29, 1.82) is 0 Å². The van der Waals surface area contributed by atoms with Gasteiger partial charge >= 0.3 is 0 Å². The Morgan fingerprint density at radius 3 is 2.30 bits per heavy atom. The smallest absolute Gasteiger partial charge is 0.205 e. The minimum atomic E-state index is -2.30. The lowest BCUT2D eigenvalue weighted by atomic mass is 10.2. The van der Waals surface area contributed by atoms with Crippen molar-refractivity contribution in [2.75, 3.05) is 12.1 Å². The average molecular weight is 295 g/mol. The van der Waals surface area contributed by atoms with Crippen LogP contribution in [0, 0.1) is 0 Å². The summed E-state index contributed by atoms with van der Waals surface area (Å²) in [6, 6.07) is -6.31. The van der Waals surface area contributed by atoms with Crippen LogP contribution in [-0.2, 0) is 0 Å². The van der Waals surface area contributed by atoms with E-state index in [9.17, 15) is 0 Å². The Bertz CT molecular complexity index is 1070. The number of thiocarbonyl (C=S) groups is 1. The van der Waals surface area contributed by atoms with Crippen molar-refractivity contribution >= 4 is 23.0 Å². The van der Waals surface area contributed by atoms with Gasteiger partial charge in [-0.15, -0.1) is 0 Å². The summed E-state index contributed by atoms with van der Waals surface area (Å²) in [6.07, 6.45) is -2.30. The molecule has 1 heterocycles. The third kappa shape index (κ3) is 2.51. The van der Waals surface area contributed by atoms with Crippen molar-refractivity contribution in [3.8, 4) is 0 Å². The molecule has 0 aliphatic carbocycles. The predicted octanol–water partition coefficient (Wildman–Crippen LogP) is 2.43. The summed E-state index contributed by atoms with van der Waals surface area (Å²) in [4.78, 5) is 0. The molecule has 0 bridgehead atoms. The second-order valence-electron chi connectivity index (χ2n) is 3.75. The first kappa shape index (κ1) is 5.44. The standard InChI is InChI=1S/C15H16N4S/c1-18-15(20)19(13-10-6-3-7-11-13)17-14(16-18)12-8-4-2-5-9-12/h2-11,14,16-17H,1H3/i2D,3D,4D,5D,6D,7D,8D,9D,10D,11D,14D. The number of benzene rings is 2. The molecule has 0 radical (unpaired) electrons. The van der Waals surface area contributed by atoms with Gasteiger partial charge in [-0.2, -0.15) is 0 Å². The number of para-hydroxylation sites is 1. The van der Waals surface area contributed by atoms with Crippen LogP contribution in [0.1, 0.15) is 26.8 Å². The maximum atomic E-state index is 8.81. The van der Waals surface area contributed by atoms with Crippen LogP contribution in [0.3, 0.4) is 0 Å². The van der Waals surface area contributed by atoms with E-state index in [-0.39, 0.29) is 10.8 Å². The molecule has 2 N–H and O–H groups in total. The zero-order valence-electron chi connectivity index (χ0n) is 21.3. The van der Waals surface area contributed by atoms with Gasteiger partial charge in [0.15, 0.2) is 0 Å². The molecular weight excluding hydrogens is 268 g/mol. The minimum Gasteiger partial charge on any atom is -0.284 e.